The van der Waals surface area contributed by atoms with Gasteiger partial charge in [0.05, 0.1) is 12.1 Å². The van der Waals surface area contributed by atoms with E-state index in [2.05, 4.69) is 11.4 Å². The van der Waals surface area contributed by atoms with E-state index in [-0.39, 0.29) is 11.9 Å². The van der Waals surface area contributed by atoms with E-state index in [1.165, 1.54) is 0 Å². The minimum absolute atomic E-state index is 0.0836. The van der Waals surface area contributed by atoms with Gasteiger partial charge in [-0.2, -0.15) is 5.26 Å². The summed E-state index contributed by atoms with van der Waals surface area (Å²) in [5.74, 6) is 0.0836. The Labute approximate surface area is 79.5 Å². The number of carbonyl (C=O) groups is 1. The fourth-order valence-electron chi connectivity index (χ4n) is 0.858. The number of amides is 1. The summed E-state index contributed by atoms with van der Waals surface area (Å²) in [6, 6.07) is 1.99. The lowest BCUT2D eigenvalue weighted by Gasteiger charge is -2.12. The molecule has 0 aliphatic rings. The first-order valence-electron chi connectivity index (χ1n) is 4.45. The molecule has 0 aromatic heterocycles. The second-order valence-corrected chi connectivity index (χ2v) is 3.08. The average Bonchev–Trinajstić information content (AvgIpc) is 2.12. The third-order valence-corrected chi connectivity index (χ3v) is 1.79. The van der Waals surface area contributed by atoms with Crippen molar-refractivity contribution in [1.29, 1.82) is 5.26 Å². The number of hydrogen-bond acceptors (Lipinski definition) is 3. The van der Waals surface area contributed by atoms with Crippen LogP contribution < -0.4 is 5.32 Å². The van der Waals surface area contributed by atoms with Crippen LogP contribution in [0.4, 0.5) is 0 Å². The molecule has 0 spiro atoms. The lowest BCUT2D eigenvalue weighted by atomic mass is 10.2. The van der Waals surface area contributed by atoms with E-state index in [1.807, 2.05) is 6.92 Å². The predicted octanol–water partition coefficient (Wildman–Crippen LogP) is 0.356. The normalized spacial score (nSPS) is 11.8. The Morgan fingerprint density at radius 3 is 2.62 bits per heavy atom. The summed E-state index contributed by atoms with van der Waals surface area (Å²) in [6.07, 6.45) is 1.22. The topological polar surface area (TPSA) is 56.1 Å². The molecule has 0 aromatic rings. The zero-order valence-corrected chi connectivity index (χ0v) is 8.50. The quantitative estimate of drug-likeness (QED) is 0.669. The molecule has 1 N–H and O–H groups in total. The summed E-state index contributed by atoms with van der Waals surface area (Å²) < 4.78 is 0. The van der Waals surface area contributed by atoms with Crippen LogP contribution in [0.3, 0.4) is 0 Å². The van der Waals surface area contributed by atoms with E-state index in [1.54, 1.807) is 19.0 Å². The first kappa shape index (κ1) is 11.9. The third-order valence-electron chi connectivity index (χ3n) is 1.79. The standard InChI is InChI=1S/C9H17N3O/c1-4-8(7-10)11-6-5-9(13)12(2)3/h8,11H,4-6H2,1-3H3. The average molecular weight is 183 g/mol. The number of nitrogens with zero attached hydrogens (tertiary/aromatic N) is 2. The smallest absolute Gasteiger partial charge is 0.223 e. The van der Waals surface area contributed by atoms with E-state index >= 15 is 0 Å². The van der Waals surface area contributed by atoms with Crippen LogP contribution in [-0.2, 0) is 4.79 Å². The van der Waals surface area contributed by atoms with Crippen LogP contribution in [-0.4, -0.2) is 37.5 Å². The highest BCUT2D eigenvalue weighted by atomic mass is 16.2. The molecule has 4 nitrogen and oxygen atoms in total. The van der Waals surface area contributed by atoms with Crippen molar-refractivity contribution in [3.8, 4) is 6.07 Å². The Morgan fingerprint density at radius 1 is 1.62 bits per heavy atom. The van der Waals surface area contributed by atoms with Gasteiger partial charge in [0, 0.05) is 27.1 Å². The molecule has 4 heteroatoms. The second kappa shape index (κ2) is 6.44. The third kappa shape index (κ3) is 5.21. The van der Waals surface area contributed by atoms with Gasteiger partial charge in [-0.1, -0.05) is 6.92 Å². The highest BCUT2D eigenvalue weighted by Gasteiger charge is 2.06. The lowest BCUT2D eigenvalue weighted by molar-refractivity contribution is -0.128. The number of nitriles is 1. The minimum Gasteiger partial charge on any atom is -0.349 e. The van der Waals surface area contributed by atoms with Crippen LogP contribution >= 0.6 is 0 Å². The Morgan fingerprint density at radius 2 is 2.23 bits per heavy atom. The first-order chi connectivity index (χ1) is 6.11. The summed E-state index contributed by atoms with van der Waals surface area (Å²) in [7, 11) is 3.45. The molecule has 0 radical (unpaired) electrons. The molecule has 0 rings (SSSR count). The van der Waals surface area contributed by atoms with Crippen molar-refractivity contribution >= 4 is 5.91 Å². The van der Waals surface area contributed by atoms with Gasteiger partial charge in [0.15, 0.2) is 0 Å². The number of nitrogens with one attached hydrogen (secondary N) is 1. The van der Waals surface area contributed by atoms with Gasteiger partial charge >= 0.3 is 0 Å². The van der Waals surface area contributed by atoms with Gasteiger partial charge in [0.2, 0.25) is 5.91 Å². The molecule has 0 heterocycles. The molecule has 74 valence electrons. The zero-order chi connectivity index (χ0) is 10.3. The lowest BCUT2D eigenvalue weighted by Crippen LogP contribution is -2.32. The summed E-state index contributed by atoms with van der Waals surface area (Å²) in [4.78, 5) is 12.7. The van der Waals surface area contributed by atoms with Gasteiger partial charge in [-0.25, -0.2) is 0 Å². The molecule has 0 aromatic carbocycles. The van der Waals surface area contributed by atoms with Crippen LogP contribution in [0.1, 0.15) is 19.8 Å². The van der Waals surface area contributed by atoms with Gasteiger partial charge < -0.3 is 10.2 Å². The van der Waals surface area contributed by atoms with Crippen molar-refractivity contribution in [3.05, 3.63) is 0 Å². The molecule has 1 amide bonds. The van der Waals surface area contributed by atoms with Gasteiger partial charge in [0.25, 0.3) is 0 Å². The number of carbonyl (C=O) groups excluding carboxylic acids is 1. The largest absolute Gasteiger partial charge is 0.349 e. The van der Waals surface area contributed by atoms with Crippen molar-refractivity contribution in [3.63, 3.8) is 0 Å². The molecule has 1 atom stereocenters. The fraction of sp³-hybridized carbons (Fsp3) is 0.778. The molecule has 0 aliphatic carbocycles. The Hall–Kier alpha value is -1.08. The monoisotopic (exact) mass is 183 g/mol. The van der Waals surface area contributed by atoms with Crippen molar-refractivity contribution in [2.24, 2.45) is 0 Å². The molecule has 0 aliphatic heterocycles. The summed E-state index contributed by atoms with van der Waals surface area (Å²) in [5.41, 5.74) is 0. The van der Waals surface area contributed by atoms with E-state index in [9.17, 15) is 4.79 Å². The van der Waals surface area contributed by atoms with Crippen LogP contribution in [0.25, 0.3) is 0 Å². The molecule has 1 unspecified atom stereocenters. The Bertz CT molecular complexity index is 196. The Balaban J connectivity index is 3.56. The van der Waals surface area contributed by atoms with Crippen LogP contribution in [0.15, 0.2) is 0 Å². The van der Waals surface area contributed by atoms with Crippen LogP contribution in [0.5, 0.6) is 0 Å². The molecular formula is C9H17N3O. The molecular weight excluding hydrogens is 166 g/mol. The van der Waals surface area contributed by atoms with E-state index in [4.69, 9.17) is 5.26 Å². The van der Waals surface area contributed by atoms with E-state index < -0.39 is 0 Å². The van der Waals surface area contributed by atoms with Gasteiger partial charge in [-0.3, -0.25) is 4.79 Å². The SMILES string of the molecule is CCC(C#N)NCCC(=O)N(C)C. The highest BCUT2D eigenvalue weighted by molar-refractivity contribution is 5.75. The van der Waals surface area contributed by atoms with Crippen molar-refractivity contribution in [2.75, 3.05) is 20.6 Å². The number of rotatable bonds is 5. The predicted molar refractivity (Wildman–Crippen MR) is 51.0 cm³/mol. The van der Waals surface area contributed by atoms with E-state index in [0.29, 0.717) is 13.0 Å². The van der Waals surface area contributed by atoms with Crippen molar-refractivity contribution in [1.82, 2.24) is 10.2 Å². The van der Waals surface area contributed by atoms with Gasteiger partial charge in [0.1, 0.15) is 0 Å². The highest BCUT2D eigenvalue weighted by Crippen LogP contribution is 1.90. The minimum atomic E-state index is -0.130. The van der Waals surface area contributed by atoms with Crippen molar-refractivity contribution < 1.29 is 4.79 Å². The first-order valence-corrected chi connectivity index (χ1v) is 4.45. The maximum absolute atomic E-state index is 11.1. The number of hydrogen-bond donors (Lipinski definition) is 1. The fourth-order valence-corrected chi connectivity index (χ4v) is 0.858. The summed E-state index contributed by atoms with van der Waals surface area (Å²) >= 11 is 0. The van der Waals surface area contributed by atoms with Crippen molar-refractivity contribution in [2.45, 2.75) is 25.8 Å². The molecule has 0 fully saturated rings. The maximum atomic E-state index is 11.1. The summed E-state index contributed by atoms with van der Waals surface area (Å²) in [6.45, 7) is 2.51. The second-order valence-electron chi connectivity index (χ2n) is 3.08. The van der Waals surface area contributed by atoms with Crippen LogP contribution in [0.2, 0.25) is 0 Å². The zero-order valence-electron chi connectivity index (χ0n) is 8.50. The van der Waals surface area contributed by atoms with Gasteiger partial charge in [-0.15, -0.1) is 0 Å². The summed E-state index contributed by atoms with van der Waals surface area (Å²) in [5, 5.41) is 11.6. The maximum Gasteiger partial charge on any atom is 0.223 e. The molecule has 0 saturated carbocycles. The van der Waals surface area contributed by atoms with E-state index in [0.717, 1.165) is 6.42 Å². The molecule has 13 heavy (non-hydrogen) atoms. The Kier molecular flexibility index (Phi) is 5.90. The molecule has 0 bridgehead atoms. The molecule has 0 saturated heterocycles. The van der Waals surface area contributed by atoms with Gasteiger partial charge in [-0.05, 0) is 6.42 Å². The van der Waals surface area contributed by atoms with Crippen LogP contribution in [0, 0.1) is 11.3 Å².